The third-order valence-electron chi connectivity index (χ3n) is 6.24. The Morgan fingerprint density at radius 1 is 1.07 bits per heavy atom. The summed E-state index contributed by atoms with van der Waals surface area (Å²) in [5, 5.41) is 10.9. The van der Waals surface area contributed by atoms with Gasteiger partial charge in [-0.1, -0.05) is 30.3 Å². The van der Waals surface area contributed by atoms with Crippen molar-refractivity contribution in [2.24, 2.45) is 0 Å². The zero-order valence-electron chi connectivity index (χ0n) is 18.4. The van der Waals surface area contributed by atoms with Crippen LogP contribution in [0.1, 0.15) is 50.6 Å². The first-order chi connectivity index (χ1) is 14.2. The molecule has 0 spiro atoms. The number of fused-ring (bicyclic) bond motifs is 1. The minimum absolute atomic E-state index is 0.424. The summed E-state index contributed by atoms with van der Waals surface area (Å²) in [4.78, 5) is 1.27. The topological polar surface area (TPSA) is 42.2 Å². The summed E-state index contributed by atoms with van der Waals surface area (Å²) in [6.45, 7) is 12.4. The van der Waals surface area contributed by atoms with Crippen molar-refractivity contribution in [2.45, 2.75) is 52.7 Å². The smallest absolute Gasteiger partial charge is 0.399 e. The van der Waals surface area contributed by atoms with Crippen LogP contribution in [0.15, 0.2) is 42.5 Å². The second-order valence-corrected chi connectivity index (χ2v) is 9.87. The molecule has 3 aromatic rings. The Labute approximate surface area is 183 Å². The molecule has 1 saturated heterocycles. The molecule has 0 N–H and O–H groups in total. The van der Waals surface area contributed by atoms with E-state index in [1.165, 1.54) is 20.5 Å². The molecule has 0 unspecified atom stereocenters. The molecule has 1 aliphatic heterocycles. The van der Waals surface area contributed by atoms with Crippen LogP contribution in [-0.4, -0.2) is 18.3 Å². The molecule has 0 atom stereocenters. The Bertz CT molecular complexity index is 1180. The van der Waals surface area contributed by atoms with Gasteiger partial charge in [0.25, 0.3) is 0 Å². The summed E-state index contributed by atoms with van der Waals surface area (Å²) in [6, 6.07) is 14.6. The molecule has 0 amide bonds. The largest absolute Gasteiger partial charge is 0.494 e. The summed E-state index contributed by atoms with van der Waals surface area (Å²) in [6.07, 6.45) is 4.23. The van der Waals surface area contributed by atoms with Gasteiger partial charge in [-0.25, -0.2) is 0 Å². The van der Waals surface area contributed by atoms with Crippen LogP contribution in [0.4, 0.5) is 0 Å². The van der Waals surface area contributed by atoms with Gasteiger partial charge in [0.15, 0.2) is 0 Å². The van der Waals surface area contributed by atoms with E-state index in [0.717, 1.165) is 16.6 Å². The van der Waals surface area contributed by atoms with Gasteiger partial charge >= 0.3 is 7.12 Å². The van der Waals surface area contributed by atoms with Gasteiger partial charge in [-0.15, -0.1) is 11.3 Å². The summed E-state index contributed by atoms with van der Waals surface area (Å²) in [7, 11) is -0.495. The van der Waals surface area contributed by atoms with Crippen molar-refractivity contribution in [3.05, 3.63) is 58.5 Å². The van der Waals surface area contributed by atoms with E-state index in [0.29, 0.717) is 5.56 Å². The van der Waals surface area contributed by atoms with Gasteiger partial charge in [0.1, 0.15) is 0 Å². The second-order valence-electron chi connectivity index (χ2n) is 8.82. The molecular weight excluding hydrogens is 389 g/mol. The van der Waals surface area contributed by atoms with Gasteiger partial charge in [-0.3, -0.25) is 0 Å². The van der Waals surface area contributed by atoms with Crippen LogP contribution in [0.2, 0.25) is 0 Å². The Kier molecular flexibility index (Phi) is 5.14. The van der Waals surface area contributed by atoms with Crippen molar-refractivity contribution in [3.63, 3.8) is 0 Å². The number of aryl methyl sites for hydroxylation is 1. The number of nitrogens with zero attached hydrogens (tertiary/aromatic N) is 1. The molecule has 0 saturated carbocycles. The van der Waals surface area contributed by atoms with Crippen molar-refractivity contribution >= 4 is 40.1 Å². The van der Waals surface area contributed by atoms with Crippen LogP contribution in [0.25, 0.3) is 27.3 Å². The number of hydrogen-bond donors (Lipinski definition) is 0. The molecule has 1 aliphatic rings. The molecule has 2 heterocycles. The van der Waals surface area contributed by atoms with E-state index in [1.54, 1.807) is 11.3 Å². The molecular formula is C25H26BNO2S. The lowest BCUT2D eigenvalue weighted by atomic mass is 9.77. The maximum atomic E-state index is 9.67. The molecule has 30 heavy (non-hydrogen) atoms. The fraction of sp³-hybridized carbons (Fsp3) is 0.320. The van der Waals surface area contributed by atoms with E-state index in [-0.39, 0.29) is 0 Å². The van der Waals surface area contributed by atoms with Crippen LogP contribution in [0.3, 0.4) is 0 Å². The summed E-state index contributed by atoms with van der Waals surface area (Å²) in [5.41, 5.74) is 4.07. The number of rotatable bonds is 3. The van der Waals surface area contributed by atoms with Crippen molar-refractivity contribution in [3.8, 4) is 17.2 Å². The first-order valence-corrected chi connectivity index (χ1v) is 11.0. The number of allylic oxidation sites excluding steroid dienone is 1. The number of benzene rings is 2. The highest BCUT2D eigenvalue weighted by Crippen LogP contribution is 2.40. The number of thiophene rings is 1. The Morgan fingerprint density at radius 2 is 1.77 bits per heavy atom. The minimum Gasteiger partial charge on any atom is -0.399 e. The molecule has 1 aromatic heterocycles. The highest BCUT2D eigenvalue weighted by atomic mass is 32.1. The van der Waals surface area contributed by atoms with Crippen LogP contribution in [-0.2, 0) is 9.31 Å². The normalized spacial score (nSPS) is 17.7. The average Bonchev–Trinajstić information content (AvgIpc) is 3.14. The predicted molar refractivity (Wildman–Crippen MR) is 127 cm³/mol. The van der Waals surface area contributed by atoms with Gasteiger partial charge in [-0.05, 0) is 87.3 Å². The molecule has 4 rings (SSSR count). The van der Waals surface area contributed by atoms with Crippen LogP contribution < -0.4 is 5.46 Å². The summed E-state index contributed by atoms with van der Waals surface area (Å²) in [5.74, 6) is 0. The van der Waals surface area contributed by atoms with Crippen molar-refractivity contribution in [2.75, 3.05) is 0 Å². The molecule has 1 fully saturated rings. The van der Waals surface area contributed by atoms with Gasteiger partial charge in [0.05, 0.1) is 22.8 Å². The van der Waals surface area contributed by atoms with Gasteiger partial charge in [0.2, 0.25) is 0 Å². The van der Waals surface area contributed by atoms with Crippen LogP contribution in [0.5, 0.6) is 0 Å². The van der Waals surface area contributed by atoms with Crippen LogP contribution >= 0.6 is 11.3 Å². The van der Waals surface area contributed by atoms with Crippen molar-refractivity contribution < 1.29 is 9.31 Å². The van der Waals surface area contributed by atoms with Gasteiger partial charge in [-0.2, -0.15) is 5.26 Å². The fourth-order valence-corrected chi connectivity index (χ4v) is 5.10. The summed E-state index contributed by atoms with van der Waals surface area (Å²) >= 11 is 1.79. The Morgan fingerprint density at radius 3 is 2.40 bits per heavy atom. The SMILES string of the molecule is C/C=C\c1sc2c(-c3cc(C#N)cc(B4OC(C)(C)C(C)(C)O4)c3)cccc2c1C. The molecule has 0 radical (unpaired) electrons. The molecule has 3 nitrogen and oxygen atoms in total. The highest BCUT2D eigenvalue weighted by Gasteiger charge is 2.51. The van der Waals surface area contributed by atoms with Gasteiger partial charge < -0.3 is 9.31 Å². The van der Waals surface area contributed by atoms with Gasteiger partial charge in [0, 0.05) is 9.58 Å². The second kappa shape index (κ2) is 7.39. The van der Waals surface area contributed by atoms with E-state index >= 15 is 0 Å². The predicted octanol–water partition coefficient (Wildman–Crippen LogP) is 6.08. The molecule has 5 heteroatoms. The van der Waals surface area contributed by atoms with Crippen molar-refractivity contribution in [1.29, 1.82) is 5.26 Å². The van der Waals surface area contributed by atoms with E-state index in [4.69, 9.17) is 9.31 Å². The first kappa shape index (κ1) is 20.9. The highest BCUT2D eigenvalue weighted by molar-refractivity contribution is 7.20. The molecule has 0 aliphatic carbocycles. The van der Waals surface area contributed by atoms with Crippen molar-refractivity contribution in [1.82, 2.24) is 0 Å². The Hall–Kier alpha value is -2.39. The summed E-state index contributed by atoms with van der Waals surface area (Å²) < 4.78 is 13.7. The quantitative estimate of drug-likeness (QED) is 0.487. The first-order valence-electron chi connectivity index (χ1n) is 10.2. The standard InChI is InChI=1S/C25H26BNO2S/c1-7-9-22-16(2)20-10-8-11-21(23(20)30-22)18-12-17(15-27)13-19(14-18)26-28-24(3,4)25(5,6)29-26/h7-14H,1-6H3/b9-7-. The number of nitriles is 1. The van der Waals surface area contributed by atoms with E-state index < -0.39 is 18.3 Å². The zero-order valence-corrected chi connectivity index (χ0v) is 19.2. The lowest BCUT2D eigenvalue weighted by Crippen LogP contribution is -2.41. The monoisotopic (exact) mass is 415 g/mol. The zero-order chi connectivity index (χ0) is 21.7. The Balaban J connectivity index is 1.86. The maximum Gasteiger partial charge on any atom is 0.494 e. The fourth-order valence-electron chi connectivity index (χ4n) is 3.79. The lowest BCUT2D eigenvalue weighted by Gasteiger charge is -2.32. The third-order valence-corrected chi connectivity index (χ3v) is 7.55. The third kappa shape index (κ3) is 3.39. The van der Waals surface area contributed by atoms with Crippen LogP contribution in [0, 0.1) is 18.3 Å². The molecule has 0 bridgehead atoms. The average molecular weight is 415 g/mol. The van der Waals surface area contributed by atoms with E-state index in [1.807, 2.05) is 46.8 Å². The molecule has 2 aromatic carbocycles. The molecule has 152 valence electrons. The van der Waals surface area contributed by atoms with E-state index in [9.17, 15) is 5.26 Å². The lowest BCUT2D eigenvalue weighted by molar-refractivity contribution is 0.00578. The maximum absolute atomic E-state index is 9.67. The number of hydrogen-bond acceptors (Lipinski definition) is 4. The van der Waals surface area contributed by atoms with E-state index in [2.05, 4.69) is 49.4 Å². The minimum atomic E-state index is -0.495.